The maximum Gasteiger partial charge on any atom is 0.128 e. The van der Waals surface area contributed by atoms with Crippen molar-refractivity contribution in [3.05, 3.63) is 35.1 Å². The maximum atomic E-state index is 13.6. The van der Waals surface area contributed by atoms with E-state index in [0.717, 1.165) is 37.9 Å². The van der Waals surface area contributed by atoms with Crippen LogP contribution in [0.1, 0.15) is 43.7 Å². The van der Waals surface area contributed by atoms with Crippen LogP contribution < -0.4 is 5.32 Å². The molecule has 1 aromatic rings. The maximum absolute atomic E-state index is 13.6. The van der Waals surface area contributed by atoms with E-state index in [9.17, 15) is 4.39 Å². The number of ether oxygens (including phenoxy) is 1. The second-order valence-electron chi connectivity index (χ2n) is 4.97. The topological polar surface area (TPSA) is 21.3 Å². The van der Waals surface area contributed by atoms with Gasteiger partial charge in [0.25, 0.3) is 0 Å². The van der Waals surface area contributed by atoms with Crippen molar-refractivity contribution in [2.75, 3.05) is 6.54 Å². The van der Waals surface area contributed by atoms with E-state index in [2.05, 4.69) is 12.2 Å². The second-order valence-corrected chi connectivity index (χ2v) is 4.97. The minimum Gasteiger partial charge on any atom is -0.373 e. The highest BCUT2D eigenvalue weighted by atomic mass is 19.1. The van der Waals surface area contributed by atoms with Crippen molar-refractivity contribution in [2.24, 2.45) is 0 Å². The Balaban J connectivity index is 1.88. The molecular formula is C15H22FNO. The van der Waals surface area contributed by atoms with Gasteiger partial charge in [0, 0.05) is 12.1 Å². The van der Waals surface area contributed by atoms with Gasteiger partial charge in [-0.1, -0.05) is 13.0 Å². The molecule has 1 fully saturated rings. The van der Waals surface area contributed by atoms with E-state index in [0.29, 0.717) is 18.3 Å². The predicted molar refractivity (Wildman–Crippen MR) is 70.8 cm³/mol. The summed E-state index contributed by atoms with van der Waals surface area (Å²) in [6.45, 7) is 4.32. The molecule has 1 aliphatic carbocycles. The van der Waals surface area contributed by atoms with Crippen molar-refractivity contribution in [1.82, 2.24) is 5.32 Å². The summed E-state index contributed by atoms with van der Waals surface area (Å²) < 4.78 is 19.3. The van der Waals surface area contributed by atoms with Gasteiger partial charge in [-0.3, -0.25) is 0 Å². The zero-order valence-electron chi connectivity index (χ0n) is 11.0. The van der Waals surface area contributed by atoms with Crippen molar-refractivity contribution >= 4 is 0 Å². The van der Waals surface area contributed by atoms with Gasteiger partial charge in [0.1, 0.15) is 5.82 Å². The molecule has 1 aromatic carbocycles. The number of hydrogen-bond acceptors (Lipinski definition) is 2. The molecule has 0 aromatic heterocycles. The summed E-state index contributed by atoms with van der Waals surface area (Å²) in [5.74, 6) is -0.159. The van der Waals surface area contributed by atoms with Crippen molar-refractivity contribution in [1.29, 1.82) is 0 Å². The summed E-state index contributed by atoms with van der Waals surface area (Å²) in [5, 5.41) is 3.32. The molecule has 1 N–H and O–H groups in total. The van der Waals surface area contributed by atoms with E-state index in [-0.39, 0.29) is 5.82 Å². The molecule has 0 amide bonds. The zero-order chi connectivity index (χ0) is 12.8. The quantitative estimate of drug-likeness (QED) is 0.750. The van der Waals surface area contributed by atoms with Gasteiger partial charge in [0.15, 0.2) is 0 Å². The third kappa shape index (κ3) is 3.79. The number of hydrogen-bond donors (Lipinski definition) is 1. The standard InChI is InChI=1S/C15H22FNO/c1-2-8-17-10-12-6-7-15(16)13(9-12)11-18-14-4-3-5-14/h6-7,9,14,17H,2-5,8,10-11H2,1H3. The van der Waals surface area contributed by atoms with Crippen LogP contribution in [0.5, 0.6) is 0 Å². The van der Waals surface area contributed by atoms with Crippen molar-refractivity contribution < 1.29 is 9.13 Å². The summed E-state index contributed by atoms with van der Waals surface area (Å²) >= 11 is 0. The van der Waals surface area contributed by atoms with Gasteiger partial charge in [0.2, 0.25) is 0 Å². The van der Waals surface area contributed by atoms with Crippen LogP contribution in [-0.4, -0.2) is 12.6 Å². The summed E-state index contributed by atoms with van der Waals surface area (Å²) in [4.78, 5) is 0. The van der Waals surface area contributed by atoms with Gasteiger partial charge >= 0.3 is 0 Å². The smallest absolute Gasteiger partial charge is 0.128 e. The van der Waals surface area contributed by atoms with Crippen molar-refractivity contribution in [3.8, 4) is 0 Å². The first-order chi connectivity index (χ1) is 8.79. The summed E-state index contributed by atoms with van der Waals surface area (Å²) in [5.41, 5.74) is 1.80. The fraction of sp³-hybridized carbons (Fsp3) is 0.600. The fourth-order valence-electron chi connectivity index (χ4n) is 2.00. The molecule has 0 unspecified atom stereocenters. The lowest BCUT2D eigenvalue weighted by Crippen LogP contribution is -2.21. The average Bonchev–Trinajstić information content (AvgIpc) is 2.31. The number of halogens is 1. The normalized spacial score (nSPS) is 15.7. The number of nitrogens with one attached hydrogen (secondary N) is 1. The van der Waals surface area contributed by atoms with Gasteiger partial charge in [-0.05, 0) is 49.9 Å². The van der Waals surface area contributed by atoms with Crippen LogP contribution in [0, 0.1) is 5.82 Å². The van der Waals surface area contributed by atoms with Crippen LogP contribution in [0.4, 0.5) is 4.39 Å². The molecule has 0 bridgehead atoms. The van der Waals surface area contributed by atoms with E-state index < -0.39 is 0 Å². The fourth-order valence-corrected chi connectivity index (χ4v) is 2.00. The molecule has 0 atom stereocenters. The van der Waals surface area contributed by atoms with Gasteiger partial charge in [-0.15, -0.1) is 0 Å². The Bertz CT molecular complexity index is 377. The first-order valence-electron chi connectivity index (χ1n) is 6.89. The molecule has 2 rings (SSSR count). The van der Waals surface area contributed by atoms with E-state index >= 15 is 0 Å². The van der Waals surface area contributed by atoms with E-state index in [1.54, 1.807) is 6.07 Å². The van der Waals surface area contributed by atoms with E-state index in [1.165, 1.54) is 6.42 Å². The lowest BCUT2D eigenvalue weighted by molar-refractivity contribution is -0.00978. The minimum atomic E-state index is -0.159. The molecule has 1 aliphatic rings. The molecule has 0 radical (unpaired) electrons. The molecule has 3 heteroatoms. The largest absolute Gasteiger partial charge is 0.373 e. The number of rotatable bonds is 7. The molecule has 100 valence electrons. The Labute approximate surface area is 109 Å². The summed E-state index contributed by atoms with van der Waals surface area (Å²) in [7, 11) is 0. The Kier molecular flexibility index (Phi) is 5.14. The SMILES string of the molecule is CCCNCc1ccc(F)c(COC2CCC2)c1. The van der Waals surface area contributed by atoms with Crippen LogP contribution >= 0.6 is 0 Å². The zero-order valence-corrected chi connectivity index (χ0v) is 11.0. The molecule has 18 heavy (non-hydrogen) atoms. The Morgan fingerprint density at radius 1 is 1.39 bits per heavy atom. The lowest BCUT2D eigenvalue weighted by Gasteiger charge is -2.25. The highest BCUT2D eigenvalue weighted by Crippen LogP contribution is 2.23. The first-order valence-corrected chi connectivity index (χ1v) is 6.89. The summed E-state index contributed by atoms with van der Waals surface area (Å²) in [6.07, 6.45) is 4.96. The Morgan fingerprint density at radius 3 is 2.89 bits per heavy atom. The molecule has 1 saturated carbocycles. The van der Waals surface area contributed by atoms with Crippen molar-refractivity contribution in [3.63, 3.8) is 0 Å². The third-order valence-corrected chi connectivity index (χ3v) is 3.39. The minimum absolute atomic E-state index is 0.159. The van der Waals surface area contributed by atoms with Gasteiger partial charge < -0.3 is 10.1 Å². The predicted octanol–water partition coefficient (Wildman–Crippen LogP) is 3.39. The van der Waals surface area contributed by atoms with Crippen LogP contribution in [0.15, 0.2) is 18.2 Å². The van der Waals surface area contributed by atoms with Crippen LogP contribution in [0.3, 0.4) is 0 Å². The average molecular weight is 251 g/mol. The monoisotopic (exact) mass is 251 g/mol. The van der Waals surface area contributed by atoms with E-state index in [1.807, 2.05) is 12.1 Å². The van der Waals surface area contributed by atoms with Gasteiger partial charge in [-0.25, -0.2) is 4.39 Å². The molecule has 0 aliphatic heterocycles. The van der Waals surface area contributed by atoms with Crippen LogP contribution in [-0.2, 0) is 17.9 Å². The first kappa shape index (κ1) is 13.5. The molecule has 0 spiro atoms. The van der Waals surface area contributed by atoms with E-state index in [4.69, 9.17) is 4.74 Å². The lowest BCUT2D eigenvalue weighted by atomic mass is 9.96. The summed E-state index contributed by atoms with van der Waals surface area (Å²) in [6, 6.07) is 5.30. The van der Waals surface area contributed by atoms with Crippen molar-refractivity contribution in [2.45, 2.75) is 51.9 Å². The third-order valence-electron chi connectivity index (χ3n) is 3.39. The molecule has 2 nitrogen and oxygen atoms in total. The van der Waals surface area contributed by atoms with Crippen LogP contribution in [0.2, 0.25) is 0 Å². The van der Waals surface area contributed by atoms with Crippen LogP contribution in [0.25, 0.3) is 0 Å². The highest BCUT2D eigenvalue weighted by molar-refractivity contribution is 5.24. The highest BCUT2D eigenvalue weighted by Gasteiger charge is 2.18. The Morgan fingerprint density at radius 2 is 2.22 bits per heavy atom. The molecule has 0 heterocycles. The molecular weight excluding hydrogens is 229 g/mol. The molecule has 0 saturated heterocycles. The van der Waals surface area contributed by atoms with Gasteiger partial charge in [0.05, 0.1) is 12.7 Å². The van der Waals surface area contributed by atoms with Gasteiger partial charge in [-0.2, -0.15) is 0 Å². The number of benzene rings is 1. The Hall–Kier alpha value is -0.930. The second kappa shape index (κ2) is 6.86.